The van der Waals surface area contributed by atoms with E-state index in [9.17, 15) is 28.8 Å². The van der Waals surface area contributed by atoms with Gasteiger partial charge in [-0.3, -0.25) is 9.09 Å². The zero-order chi connectivity index (χ0) is 23.2. The van der Waals surface area contributed by atoms with E-state index in [1.807, 2.05) is 0 Å². The summed E-state index contributed by atoms with van der Waals surface area (Å²) in [6, 6.07) is 0. The molecule has 2 aromatic rings. The second kappa shape index (κ2) is 8.53. The lowest BCUT2D eigenvalue weighted by molar-refractivity contribution is -0.0503. The fraction of sp³-hybridized carbons (Fsp3) is 0.500. The van der Waals surface area contributed by atoms with Crippen molar-refractivity contribution in [1.82, 2.24) is 19.5 Å². The number of phosphoric ester groups is 1. The third kappa shape index (κ3) is 5.71. The molecule has 3 rings (SSSR count). The van der Waals surface area contributed by atoms with Gasteiger partial charge in [0.15, 0.2) is 17.7 Å². The second-order valence-corrected chi connectivity index (χ2v) is 10.4. The fourth-order valence-corrected chi connectivity index (χ4v) is 5.65. The third-order valence-electron chi connectivity index (χ3n) is 3.82. The van der Waals surface area contributed by atoms with Crippen LogP contribution in [-0.4, -0.2) is 74.2 Å². The summed E-state index contributed by atoms with van der Waals surface area (Å²) in [4.78, 5) is 47.2. The molecule has 18 nitrogen and oxygen atoms in total. The van der Waals surface area contributed by atoms with Crippen molar-refractivity contribution in [2.24, 2.45) is 0 Å². The standard InChI is InChI=1S/C10H16N5O13P3/c11-8-5-9(13-2-12-8)15(3-14-5)10-7(17)6(16)4(26-10)1-25-30(21,22)28-31(23,24)27-29(18,19)20/h2-4,6-7,10,16-17H,1H2,(H,21,22)(H,23,24)(H2,11,12,13)(H2,18,19,20)/t4-,6+,7?,10-/m1/s1/i3+1. The van der Waals surface area contributed by atoms with E-state index in [-0.39, 0.29) is 17.0 Å². The lowest BCUT2D eigenvalue weighted by Crippen LogP contribution is -2.33. The molecule has 6 atom stereocenters. The molecule has 1 aliphatic rings. The summed E-state index contributed by atoms with van der Waals surface area (Å²) >= 11 is 0. The Kier molecular flexibility index (Phi) is 6.68. The Hall–Kier alpha value is -1.36. The lowest BCUT2D eigenvalue weighted by atomic mass is 10.1. The van der Waals surface area contributed by atoms with E-state index in [0.717, 1.165) is 6.33 Å². The number of rotatable bonds is 8. The van der Waals surface area contributed by atoms with Crippen LogP contribution >= 0.6 is 23.5 Å². The van der Waals surface area contributed by atoms with Crippen molar-refractivity contribution in [2.45, 2.75) is 24.5 Å². The van der Waals surface area contributed by atoms with E-state index < -0.39 is 54.6 Å². The van der Waals surface area contributed by atoms with Gasteiger partial charge in [-0.1, -0.05) is 0 Å². The van der Waals surface area contributed by atoms with Crippen LogP contribution in [0.15, 0.2) is 12.7 Å². The molecule has 0 amide bonds. The summed E-state index contributed by atoms with van der Waals surface area (Å²) in [6.07, 6.45) is -3.69. The number of aliphatic hydroxyl groups is 2. The molecule has 174 valence electrons. The minimum atomic E-state index is -5.70. The van der Waals surface area contributed by atoms with Crippen molar-refractivity contribution >= 4 is 40.4 Å². The molecule has 0 bridgehead atoms. The van der Waals surface area contributed by atoms with Crippen LogP contribution in [0.25, 0.3) is 11.2 Å². The Labute approximate surface area is 171 Å². The van der Waals surface area contributed by atoms with E-state index in [1.54, 1.807) is 0 Å². The van der Waals surface area contributed by atoms with E-state index in [2.05, 4.69) is 28.1 Å². The van der Waals surface area contributed by atoms with Gasteiger partial charge >= 0.3 is 23.5 Å². The number of aliphatic hydroxyl groups excluding tert-OH is 2. The number of phosphoric acid groups is 3. The molecule has 8 N–H and O–H groups in total. The maximum absolute atomic E-state index is 11.8. The molecule has 0 aliphatic carbocycles. The average molecular weight is 508 g/mol. The van der Waals surface area contributed by atoms with Gasteiger partial charge in [-0.2, -0.15) is 8.62 Å². The Morgan fingerprint density at radius 3 is 2.35 bits per heavy atom. The molecular formula is C10H16N5O13P3. The van der Waals surface area contributed by atoms with Gasteiger partial charge in [0.2, 0.25) is 0 Å². The van der Waals surface area contributed by atoms with Crippen LogP contribution in [0, 0.1) is 0 Å². The summed E-state index contributed by atoms with van der Waals surface area (Å²) in [7, 11) is -16.7. The number of nitrogen functional groups attached to an aromatic ring is 1. The largest absolute Gasteiger partial charge is 0.490 e. The Morgan fingerprint density at radius 2 is 1.71 bits per heavy atom. The monoisotopic (exact) mass is 508 g/mol. The van der Waals surface area contributed by atoms with Gasteiger partial charge in [-0.25, -0.2) is 28.6 Å². The van der Waals surface area contributed by atoms with Crippen LogP contribution in [0.3, 0.4) is 0 Å². The van der Waals surface area contributed by atoms with Crippen molar-refractivity contribution in [3.63, 3.8) is 0 Å². The number of hydrogen-bond acceptors (Lipinski definition) is 13. The molecule has 2 aromatic heterocycles. The van der Waals surface area contributed by atoms with Crippen LogP contribution < -0.4 is 5.73 Å². The predicted molar refractivity (Wildman–Crippen MR) is 95.5 cm³/mol. The molecule has 1 aliphatic heterocycles. The number of nitrogens with zero attached hydrogens (tertiary/aromatic N) is 4. The molecule has 3 heterocycles. The number of fused-ring (bicyclic) bond motifs is 1. The molecule has 31 heavy (non-hydrogen) atoms. The van der Waals surface area contributed by atoms with E-state index in [1.165, 1.54) is 10.9 Å². The number of anilines is 1. The smallest absolute Gasteiger partial charge is 0.387 e. The number of nitrogens with two attached hydrogens (primary N) is 1. The van der Waals surface area contributed by atoms with Crippen molar-refractivity contribution in [3.05, 3.63) is 12.7 Å². The molecule has 3 unspecified atom stereocenters. The molecule has 1 fully saturated rings. The first-order valence-electron chi connectivity index (χ1n) is 7.92. The SMILES string of the molecule is Nc1ncnc2c1n[13cH]n2[C@@H]1O[C@H](COP(=O)(O)OP(=O)(O)OP(=O)(O)O)[C@H](O)C1O. The summed E-state index contributed by atoms with van der Waals surface area (Å²) in [6.45, 7) is -0.956. The fourth-order valence-electron chi connectivity index (χ4n) is 2.62. The highest BCUT2D eigenvalue weighted by molar-refractivity contribution is 7.66. The van der Waals surface area contributed by atoms with Crippen LogP contribution in [0.4, 0.5) is 5.82 Å². The first kappa shape index (κ1) is 24.3. The molecular weight excluding hydrogens is 492 g/mol. The van der Waals surface area contributed by atoms with E-state index in [0.29, 0.717) is 0 Å². The summed E-state index contributed by atoms with van der Waals surface area (Å²) in [5, 5.41) is 20.4. The van der Waals surface area contributed by atoms with Gasteiger partial charge in [-0.15, -0.1) is 0 Å². The van der Waals surface area contributed by atoms with Gasteiger partial charge in [0.1, 0.15) is 30.2 Å². The molecule has 1 saturated heterocycles. The number of hydrogen-bond donors (Lipinski definition) is 7. The van der Waals surface area contributed by atoms with Crippen LogP contribution in [0.1, 0.15) is 6.23 Å². The van der Waals surface area contributed by atoms with Crippen LogP contribution in [0.5, 0.6) is 0 Å². The van der Waals surface area contributed by atoms with Crippen molar-refractivity contribution in [2.75, 3.05) is 12.3 Å². The van der Waals surface area contributed by atoms with Gasteiger partial charge in [0.05, 0.1) is 12.9 Å². The minimum absolute atomic E-state index is 0.0426. The zero-order valence-electron chi connectivity index (χ0n) is 14.9. The molecule has 0 aromatic carbocycles. The van der Waals surface area contributed by atoms with Gasteiger partial charge in [0.25, 0.3) is 0 Å². The Bertz CT molecular complexity index is 1100. The van der Waals surface area contributed by atoms with Gasteiger partial charge in [-0.05, 0) is 0 Å². The summed E-state index contributed by atoms with van der Waals surface area (Å²) < 4.78 is 51.9. The first-order valence-corrected chi connectivity index (χ1v) is 12.4. The summed E-state index contributed by atoms with van der Waals surface area (Å²) in [5.41, 5.74) is 6.00. The predicted octanol–water partition coefficient (Wildman–Crippen LogP) is -1.63. The topological polar surface area (TPSA) is 279 Å². The number of imidazole rings is 1. The van der Waals surface area contributed by atoms with E-state index in [4.69, 9.17) is 25.2 Å². The highest BCUT2D eigenvalue weighted by atomic mass is 31.3. The highest BCUT2D eigenvalue weighted by Crippen LogP contribution is 2.66. The van der Waals surface area contributed by atoms with Crippen molar-refractivity contribution in [1.29, 1.82) is 0 Å². The van der Waals surface area contributed by atoms with Gasteiger partial charge in [0, 0.05) is 0 Å². The lowest BCUT2D eigenvalue weighted by Gasteiger charge is -2.19. The minimum Gasteiger partial charge on any atom is -0.387 e. The second-order valence-electron chi connectivity index (χ2n) is 6.02. The van der Waals surface area contributed by atoms with Crippen LogP contribution in [-0.2, 0) is 31.6 Å². The Morgan fingerprint density at radius 1 is 1.03 bits per heavy atom. The first-order chi connectivity index (χ1) is 14.2. The number of aromatic nitrogens is 4. The average Bonchev–Trinajstić information content (AvgIpc) is 3.13. The van der Waals surface area contributed by atoms with Crippen molar-refractivity contribution in [3.8, 4) is 0 Å². The van der Waals surface area contributed by atoms with E-state index >= 15 is 0 Å². The molecule has 0 saturated carbocycles. The third-order valence-corrected chi connectivity index (χ3v) is 7.62. The quantitative estimate of drug-likeness (QED) is 0.197. The molecule has 21 heteroatoms. The Balaban J connectivity index is 1.69. The number of ether oxygens (including phenoxy) is 1. The maximum atomic E-state index is 11.8. The zero-order valence-corrected chi connectivity index (χ0v) is 17.6. The normalized spacial score (nSPS) is 28.5. The van der Waals surface area contributed by atoms with Crippen molar-refractivity contribution < 1.29 is 61.4 Å². The highest BCUT2D eigenvalue weighted by Gasteiger charge is 2.47. The molecule has 0 radical (unpaired) electrons. The van der Waals surface area contributed by atoms with Crippen LogP contribution in [0.2, 0.25) is 0 Å². The molecule has 0 spiro atoms. The summed E-state index contributed by atoms with van der Waals surface area (Å²) in [5.74, 6) is 0.0426. The maximum Gasteiger partial charge on any atom is 0.490 e. The van der Waals surface area contributed by atoms with Gasteiger partial charge < -0.3 is 40.3 Å².